The van der Waals surface area contributed by atoms with Gasteiger partial charge in [-0.15, -0.1) is 0 Å². The number of nitrogens with one attached hydrogen (secondary N) is 1. The van der Waals surface area contributed by atoms with Gasteiger partial charge in [-0.3, -0.25) is 4.79 Å². The minimum Gasteiger partial charge on any atom is -0.388 e. The first-order valence-corrected chi connectivity index (χ1v) is 7.02. The zero-order valence-corrected chi connectivity index (χ0v) is 12.7. The molecule has 0 bridgehead atoms. The van der Waals surface area contributed by atoms with Crippen molar-refractivity contribution in [3.8, 4) is 0 Å². The lowest BCUT2D eigenvalue weighted by Crippen LogP contribution is -2.76. The first kappa shape index (κ1) is 16.4. The number of hydrogen-bond acceptors (Lipinski definition) is 4. The van der Waals surface area contributed by atoms with E-state index in [9.17, 15) is 9.90 Å². The maximum atomic E-state index is 12.3. The molecule has 0 spiro atoms. The minimum atomic E-state index is -0.920. The average Bonchev–Trinajstić information content (AvgIpc) is 2.35. The molecule has 0 saturated heterocycles. The third-order valence-corrected chi connectivity index (χ3v) is 4.63. The number of hydrogen-bond donors (Lipinski definition) is 3. The van der Waals surface area contributed by atoms with Crippen LogP contribution in [-0.2, 0) is 9.53 Å². The Kier molecular flexibility index (Phi) is 4.65. The first-order valence-electron chi connectivity index (χ1n) is 7.02. The van der Waals surface area contributed by atoms with E-state index in [2.05, 4.69) is 5.32 Å². The van der Waals surface area contributed by atoms with Gasteiger partial charge in [0.2, 0.25) is 5.91 Å². The van der Waals surface area contributed by atoms with Crippen LogP contribution in [0.2, 0.25) is 0 Å². The van der Waals surface area contributed by atoms with Gasteiger partial charge in [0.1, 0.15) is 5.54 Å². The van der Waals surface area contributed by atoms with Crippen molar-refractivity contribution in [1.82, 2.24) is 5.32 Å². The summed E-state index contributed by atoms with van der Waals surface area (Å²) in [5, 5.41) is 12.7. The van der Waals surface area contributed by atoms with Crippen molar-refractivity contribution in [2.24, 2.45) is 11.1 Å². The largest absolute Gasteiger partial charge is 0.388 e. The molecule has 1 saturated carbocycles. The molecule has 5 heteroatoms. The standard InChI is InChI=1S/C14H28N2O3/c1-6-13(5,18)9-16-11(17)14(15)8-10(19-7-2)12(14,3)4/h10,18H,6-9,15H2,1-5H3,(H,16,17). The minimum absolute atomic E-state index is 0.0138. The summed E-state index contributed by atoms with van der Waals surface area (Å²) >= 11 is 0. The summed E-state index contributed by atoms with van der Waals surface area (Å²) in [6.07, 6.45) is 1.11. The van der Waals surface area contributed by atoms with E-state index < -0.39 is 16.6 Å². The second-order valence-corrected chi connectivity index (χ2v) is 6.37. The Labute approximate surface area is 115 Å². The second kappa shape index (κ2) is 5.38. The van der Waals surface area contributed by atoms with E-state index in [1.54, 1.807) is 6.92 Å². The molecule has 0 aromatic rings. The van der Waals surface area contributed by atoms with E-state index in [-0.39, 0.29) is 18.6 Å². The fourth-order valence-corrected chi connectivity index (χ4v) is 2.37. The Morgan fingerprint density at radius 2 is 2.11 bits per heavy atom. The van der Waals surface area contributed by atoms with Crippen molar-refractivity contribution in [2.75, 3.05) is 13.2 Å². The lowest BCUT2D eigenvalue weighted by atomic mass is 9.54. The van der Waals surface area contributed by atoms with Crippen molar-refractivity contribution in [3.63, 3.8) is 0 Å². The van der Waals surface area contributed by atoms with Crippen molar-refractivity contribution in [1.29, 1.82) is 0 Å². The predicted molar refractivity (Wildman–Crippen MR) is 74.7 cm³/mol. The van der Waals surface area contributed by atoms with Gasteiger partial charge in [0, 0.05) is 25.0 Å². The van der Waals surface area contributed by atoms with Gasteiger partial charge < -0.3 is 20.9 Å². The molecule has 3 atom stereocenters. The Morgan fingerprint density at radius 1 is 1.53 bits per heavy atom. The molecule has 19 heavy (non-hydrogen) atoms. The Morgan fingerprint density at radius 3 is 2.53 bits per heavy atom. The van der Waals surface area contributed by atoms with E-state index in [0.29, 0.717) is 19.4 Å². The molecule has 0 aliphatic heterocycles. The van der Waals surface area contributed by atoms with Gasteiger partial charge in [-0.2, -0.15) is 0 Å². The molecule has 1 aliphatic rings. The smallest absolute Gasteiger partial charge is 0.240 e. The van der Waals surface area contributed by atoms with Crippen LogP contribution in [0.4, 0.5) is 0 Å². The number of amides is 1. The molecule has 1 fully saturated rings. The van der Waals surface area contributed by atoms with E-state index in [4.69, 9.17) is 10.5 Å². The SMILES string of the molecule is CCOC1CC(N)(C(=O)NCC(C)(O)CC)C1(C)C. The third kappa shape index (κ3) is 2.93. The van der Waals surface area contributed by atoms with Crippen LogP contribution in [0, 0.1) is 5.41 Å². The molecule has 3 unspecified atom stereocenters. The van der Waals surface area contributed by atoms with Crippen molar-refractivity contribution in [3.05, 3.63) is 0 Å². The molecule has 0 aromatic heterocycles. The number of ether oxygens (including phenoxy) is 1. The van der Waals surface area contributed by atoms with Crippen LogP contribution in [0.5, 0.6) is 0 Å². The summed E-state index contributed by atoms with van der Waals surface area (Å²) in [6.45, 7) is 10.3. The first-order chi connectivity index (χ1) is 8.60. The normalized spacial score (nSPS) is 32.3. The highest BCUT2D eigenvalue weighted by molar-refractivity contribution is 5.88. The molecular weight excluding hydrogens is 244 g/mol. The molecule has 4 N–H and O–H groups in total. The van der Waals surface area contributed by atoms with Crippen molar-refractivity contribution >= 4 is 5.91 Å². The summed E-state index contributed by atoms with van der Waals surface area (Å²) in [4.78, 5) is 12.3. The Bertz CT molecular complexity index is 342. The maximum Gasteiger partial charge on any atom is 0.240 e. The van der Waals surface area contributed by atoms with Crippen molar-refractivity contribution in [2.45, 2.75) is 64.7 Å². The van der Waals surface area contributed by atoms with E-state index >= 15 is 0 Å². The molecular formula is C14H28N2O3. The second-order valence-electron chi connectivity index (χ2n) is 6.37. The predicted octanol–water partition coefficient (Wildman–Crippen LogP) is 0.796. The van der Waals surface area contributed by atoms with Gasteiger partial charge >= 0.3 is 0 Å². The van der Waals surface area contributed by atoms with Crippen LogP contribution < -0.4 is 11.1 Å². The lowest BCUT2D eigenvalue weighted by Gasteiger charge is -2.57. The molecule has 5 nitrogen and oxygen atoms in total. The van der Waals surface area contributed by atoms with Crippen LogP contribution in [-0.4, -0.2) is 41.4 Å². The van der Waals surface area contributed by atoms with Crippen LogP contribution >= 0.6 is 0 Å². The summed E-state index contributed by atoms with van der Waals surface area (Å²) in [7, 11) is 0. The molecule has 1 aliphatic carbocycles. The maximum absolute atomic E-state index is 12.3. The quantitative estimate of drug-likeness (QED) is 0.667. The zero-order chi connectivity index (χ0) is 14.9. The number of rotatable bonds is 6. The van der Waals surface area contributed by atoms with E-state index in [1.165, 1.54) is 0 Å². The Balaban J connectivity index is 2.63. The summed E-state index contributed by atoms with van der Waals surface area (Å²) < 4.78 is 5.60. The van der Waals surface area contributed by atoms with Crippen molar-refractivity contribution < 1.29 is 14.6 Å². The number of carbonyl (C=O) groups excluding carboxylic acids is 1. The number of nitrogens with two attached hydrogens (primary N) is 1. The molecule has 0 radical (unpaired) electrons. The molecule has 0 heterocycles. The topological polar surface area (TPSA) is 84.6 Å². The fourth-order valence-electron chi connectivity index (χ4n) is 2.37. The van der Waals surface area contributed by atoms with Gasteiger partial charge in [-0.1, -0.05) is 20.8 Å². The van der Waals surface area contributed by atoms with E-state index in [0.717, 1.165) is 0 Å². The van der Waals surface area contributed by atoms with Gasteiger partial charge in [-0.05, 0) is 20.3 Å². The fraction of sp³-hybridized carbons (Fsp3) is 0.929. The van der Waals surface area contributed by atoms with Gasteiger partial charge in [-0.25, -0.2) is 0 Å². The van der Waals surface area contributed by atoms with Gasteiger partial charge in [0.05, 0.1) is 11.7 Å². The van der Waals surface area contributed by atoms with E-state index in [1.807, 2.05) is 27.7 Å². The number of carbonyl (C=O) groups is 1. The summed E-state index contributed by atoms with van der Waals surface area (Å²) in [6, 6.07) is 0. The van der Waals surface area contributed by atoms with Gasteiger partial charge in [0.25, 0.3) is 0 Å². The summed E-state index contributed by atoms with van der Waals surface area (Å²) in [5.41, 5.74) is 4.03. The molecule has 112 valence electrons. The highest BCUT2D eigenvalue weighted by Gasteiger charge is 2.62. The molecule has 1 rings (SSSR count). The lowest BCUT2D eigenvalue weighted by molar-refractivity contribution is -0.171. The van der Waals surface area contributed by atoms with Crippen LogP contribution in [0.3, 0.4) is 0 Å². The number of aliphatic hydroxyl groups is 1. The molecule has 1 amide bonds. The van der Waals surface area contributed by atoms with Gasteiger partial charge in [0.15, 0.2) is 0 Å². The van der Waals surface area contributed by atoms with Crippen LogP contribution in [0.1, 0.15) is 47.5 Å². The molecule has 0 aromatic carbocycles. The highest BCUT2D eigenvalue weighted by atomic mass is 16.5. The zero-order valence-electron chi connectivity index (χ0n) is 12.7. The monoisotopic (exact) mass is 272 g/mol. The Hall–Kier alpha value is -0.650. The van der Waals surface area contributed by atoms with Crippen LogP contribution in [0.25, 0.3) is 0 Å². The summed E-state index contributed by atoms with van der Waals surface area (Å²) in [5.74, 6) is -0.206. The van der Waals surface area contributed by atoms with Crippen LogP contribution in [0.15, 0.2) is 0 Å². The highest BCUT2D eigenvalue weighted by Crippen LogP contribution is 2.49. The third-order valence-electron chi connectivity index (χ3n) is 4.63. The average molecular weight is 272 g/mol.